The van der Waals surface area contributed by atoms with Crippen molar-refractivity contribution < 1.29 is 29.3 Å². The zero-order valence-corrected chi connectivity index (χ0v) is 22.9. The van der Waals surface area contributed by atoms with Gasteiger partial charge in [-0.05, 0) is 55.6 Å². The molecular weight excluding hydrogens is 560 g/mol. The minimum Gasteiger partial charge on any atom is -0.479 e. The molecule has 3 aromatic carbocycles. The number of carboxylic acid groups (broad SMARTS) is 1. The Kier molecular flexibility index (Phi) is 9.11. The summed E-state index contributed by atoms with van der Waals surface area (Å²) in [6.45, 7) is 0. The molecule has 14 heteroatoms. The van der Waals surface area contributed by atoms with Gasteiger partial charge in [0.15, 0.2) is 6.04 Å². The number of primary amides is 1. The van der Waals surface area contributed by atoms with Gasteiger partial charge in [0, 0.05) is 40.3 Å². The van der Waals surface area contributed by atoms with Crippen LogP contribution in [0.15, 0.2) is 66.7 Å². The lowest BCUT2D eigenvalue weighted by atomic mass is 9.91. The fourth-order valence-electron chi connectivity index (χ4n) is 4.90. The van der Waals surface area contributed by atoms with E-state index in [1.807, 2.05) is 19.2 Å². The molecule has 1 aromatic heterocycles. The number of aromatic nitrogens is 1. The Bertz CT molecular complexity index is 1690. The summed E-state index contributed by atoms with van der Waals surface area (Å²) in [5, 5.41) is 37.7. The second-order valence-electron chi connectivity index (χ2n) is 9.84. The minimum atomic E-state index is -1.41. The Labute approximate surface area is 244 Å². The molecule has 5 rings (SSSR count). The summed E-state index contributed by atoms with van der Waals surface area (Å²) in [6.07, 6.45) is 3.22. The number of nitro groups is 2. The predicted molar refractivity (Wildman–Crippen MR) is 156 cm³/mol. The number of H-pyrrole nitrogens is 1. The molecule has 0 bridgehead atoms. The zero-order chi connectivity index (χ0) is 31.3. The Hall–Kier alpha value is -5.63. The number of amides is 2. The van der Waals surface area contributed by atoms with Gasteiger partial charge >= 0.3 is 5.97 Å². The maximum Gasteiger partial charge on any atom is 0.330 e. The van der Waals surface area contributed by atoms with Crippen LogP contribution in [0.1, 0.15) is 50.0 Å². The fraction of sp³-hybridized carbons (Fsp3) is 0.207. The molecule has 0 saturated carbocycles. The standard InChI is InChI=1S/C15H11N3O7.C14H17N3O/c19-14(16-13(15(20)21)9-4-2-1-3-5-9)10-6-11(17(22)23)8-12(7-10)18(24)25;1-16-9-3-5-13-11(7-9)10-6-8(14(15)18)2-4-12(10)17-13/h1-8,13H,(H,16,19)(H,20,21);2,4,6,9,16-17H,3,5,7H2,1H3,(H2,15,18)/t13-;9-/m10/s1. The number of nitrogens with two attached hydrogens (primary N) is 1. The van der Waals surface area contributed by atoms with Crippen LogP contribution in [0, 0.1) is 20.2 Å². The molecule has 43 heavy (non-hydrogen) atoms. The number of carbonyl (C=O) groups excluding carboxylic acids is 2. The highest BCUT2D eigenvalue weighted by Crippen LogP contribution is 2.30. The maximum atomic E-state index is 12.3. The Morgan fingerprint density at radius 1 is 0.977 bits per heavy atom. The van der Waals surface area contributed by atoms with Crippen LogP contribution >= 0.6 is 0 Å². The minimum absolute atomic E-state index is 0.281. The SMILES string of the molecule is CN[C@H]1CCc2[nH]c3ccc(C(N)=O)cc3c2C1.O=C(N[C@@H](C(=O)O)c1ccccc1)c1cc([N+](=O)[O-])cc([N+](=O)[O-])c1. The number of likely N-dealkylation sites (N-methyl/N-ethyl adjacent to an activating group) is 1. The molecule has 222 valence electrons. The highest BCUT2D eigenvalue weighted by molar-refractivity contribution is 5.99. The number of carboxylic acids is 1. The number of hydrogen-bond donors (Lipinski definition) is 5. The van der Waals surface area contributed by atoms with Gasteiger partial charge in [0.25, 0.3) is 17.3 Å². The molecule has 0 unspecified atom stereocenters. The van der Waals surface area contributed by atoms with Crippen molar-refractivity contribution in [1.82, 2.24) is 15.6 Å². The second-order valence-corrected chi connectivity index (χ2v) is 9.84. The number of nitro benzene ring substituents is 2. The summed E-state index contributed by atoms with van der Waals surface area (Å²) >= 11 is 0. The van der Waals surface area contributed by atoms with E-state index in [9.17, 15) is 39.7 Å². The van der Waals surface area contributed by atoms with E-state index < -0.39 is 39.1 Å². The number of non-ortho nitro benzene ring substituents is 2. The summed E-state index contributed by atoms with van der Waals surface area (Å²) in [5.41, 5.74) is 8.26. The van der Waals surface area contributed by atoms with Gasteiger partial charge in [-0.1, -0.05) is 30.3 Å². The van der Waals surface area contributed by atoms with Crippen molar-refractivity contribution in [3.8, 4) is 0 Å². The van der Waals surface area contributed by atoms with Gasteiger partial charge in [0.05, 0.1) is 21.5 Å². The van der Waals surface area contributed by atoms with Crippen LogP contribution in [0.4, 0.5) is 11.4 Å². The topological polar surface area (TPSA) is 224 Å². The van der Waals surface area contributed by atoms with Crippen LogP contribution in [0.25, 0.3) is 10.9 Å². The molecule has 14 nitrogen and oxygen atoms in total. The first-order chi connectivity index (χ1) is 20.5. The molecule has 4 aromatic rings. The lowest BCUT2D eigenvalue weighted by Crippen LogP contribution is -2.33. The molecule has 1 heterocycles. The van der Waals surface area contributed by atoms with E-state index in [0.29, 0.717) is 17.7 Å². The lowest BCUT2D eigenvalue weighted by molar-refractivity contribution is -0.394. The summed E-state index contributed by atoms with van der Waals surface area (Å²) < 4.78 is 0. The number of nitrogens with one attached hydrogen (secondary N) is 3. The van der Waals surface area contributed by atoms with Crippen LogP contribution < -0.4 is 16.4 Å². The number of fused-ring (bicyclic) bond motifs is 3. The third-order valence-electron chi connectivity index (χ3n) is 7.12. The van der Waals surface area contributed by atoms with E-state index in [0.717, 1.165) is 42.3 Å². The summed E-state index contributed by atoms with van der Waals surface area (Å²) in [4.78, 5) is 58.3. The normalized spacial score (nSPS) is 14.5. The molecule has 0 radical (unpaired) electrons. The van der Waals surface area contributed by atoms with Gasteiger partial charge in [0.2, 0.25) is 5.91 Å². The van der Waals surface area contributed by atoms with Gasteiger partial charge in [-0.3, -0.25) is 29.8 Å². The van der Waals surface area contributed by atoms with E-state index in [1.165, 1.54) is 23.4 Å². The van der Waals surface area contributed by atoms with Crippen molar-refractivity contribution in [3.05, 3.63) is 115 Å². The first-order valence-electron chi connectivity index (χ1n) is 13.1. The number of aryl methyl sites for hydroxylation is 1. The number of carbonyl (C=O) groups is 3. The second kappa shape index (κ2) is 12.9. The first-order valence-corrected chi connectivity index (χ1v) is 13.1. The highest BCUT2D eigenvalue weighted by atomic mass is 16.6. The third kappa shape index (κ3) is 7.00. The Morgan fingerprint density at radius 2 is 1.63 bits per heavy atom. The largest absolute Gasteiger partial charge is 0.479 e. The average Bonchev–Trinajstić information content (AvgIpc) is 3.37. The van der Waals surface area contributed by atoms with Gasteiger partial charge in [0.1, 0.15) is 0 Å². The monoisotopic (exact) mass is 588 g/mol. The van der Waals surface area contributed by atoms with Crippen LogP contribution in [-0.2, 0) is 17.6 Å². The smallest absolute Gasteiger partial charge is 0.330 e. The van der Waals surface area contributed by atoms with Gasteiger partial charge in [-0.15, -0.1) is 0 Å². The number of rotatable bonds is 8. The van der Waals surface area contributed by atoms with Gasteiger partial charge < -0.3 is 26.5 Å². The molecule has 0 fully saturated rings. The molecule has 0 spiro atoms. The van der Waals surface area contributed by atoms with E-state index in [4.69, 9.17) is 5.73 Å². The summed E-state index contributed by atoms with van der Waals surface area (Å²) in [6, 6.07) is 14.9. The zero-order valence-electron chi connectivity index (χ0n) is 22.9. The molecular formula is C29H28N6O8. The molecule has 2 atom stereocenters. The van der Waals surface area contributed by atoms with Gasteiger partial charge in [-0.25, -0.2) is 4.79 Å². The van der Waals surface area contributed by atoms with Crippen molar-refractivity contribution in [2.75, 3.05) is 7.05 Å². The van der Waals surface area contributed by atoms with E-state index in [2.05, 4.69) is 15.6 Å². The quantitative estimate of drug-likeness (QED) is 0.150. The fourth-order valence-corrected chi connectivity index (χ4v) is 4.90. The predicted octanol–water partition coefficient (Wildman–Crippen LogP) is 3.40. The lowest BCUT2D eigenvalue weighted by Gasteiger charge is -2.21. The van der Waals surface area contributed by atoms with Crippen molar-refractivity contribution in [2.45, 2.75) is 31.3 Å². The summed E-state index contributed by atoms with van der Waals surface area (Å²) in [7, 11) is 2.00. The van der Waals surface area contributed by atoms with E-state index in [-0.39, 0.29) is 17.0 Å². The molecule has 0 saturated heterocycles. The van der Waals surface area contributed by atoms with Crippen molar-refractivity contribution in [1.29, 1.82) is 0 Å². The molecule has 1 aliphatic carbocycles. The van der Waals surface area contributed by atoms with Crippen LogP contribution in [0.5, 0.6) is 0 Å². The number of aromatic amines is 1. The summed E-state index contributed by atoms with van der Waals surface area (Å²) in [5.74, 6) is -2.70. The Balaban J connectivity index is 0.000000206. The molecule has 1 aliphatic rings. The average molecular weight is 589 g/mol. The Morgan fingerprint density at radius 3 is 2.19 bits per heavy atom. The van der Waals surface area contributed by atoms with Crippen LogP contribution in [-0.4, -0.2) is 50.8 Å². The van der Waals surface area contributed by atoms with Crippen LogP contribution in [0.3, 0.4) is 0 Å². The maximum absolute atomic E-state index is 12.3. The number of hydrogen-bond acceptors (Lipinski definition) is 8. The van der Waals surface area contributed by atoms with E-state index in [1.54, 1.807) is 24.3 Å². The molecule has 0 aliphatic heterocycles. The van der Waals surface area contributed by atoms with Gasteiger partial charge in [-0.2, -0.15) is 0 Å². The first kappa shape index (κ1) is 30.3. The van der Waals surface area contributed by atoms with Crippen molar-refractivity contribution in [2.24, 2.45) is 5.73 Å². The number of nitrogens with zero attached hydrogens (tertiary/aromatic N) is 2. The van der Waals surface area contributed by atoms with Crippen molar-refractivity contribution in [3.63, 3.8) is 0 Å². The number of benzene rings is 3. The molecule has 6 N–H and O–H groups in total. The van der Waals surface area contributed by atoms with Crippen molar-refractivity contribution >= 4 is 40.1 Å². The number of aliphatic carboxylic acids is 1. The van der Waals surface area contributed by atoms with E-state index >= 15 is 0 Å². The third-order valence-corrected chi connectivity index (χ3v) is 7.12. The highest BCUT2D eigenvalue weighted by Gasteiger charge is 2.26. The molecule has 2 amide bonds. The van der Waals surface area contributed by atoms with Crippen LogP contribution in [0.2, 0.25) is 0 Å².